The van der Waals surface area contributed by atoms with E-state index in [0.29, 0.717) is 16.9 Å². The number of anilines is 1. The molecule has 35 heavy (non-hydrogen) atoms. The minimum Gasteiger partial charge on any atom is -0.379 e. The highest BCUT2D eigenvalue weighted by atomic mass is 16.2. The van der Waals surface area contributed by atoms with Crippen molar-refractivity contribution in [1.29, 1.82) is 5.26 Å². The van der Waals surface area contributed by atoms with Gasteiger partial charge in [-0.2, -0.15) is 15.5 Å². The molecule has 0 unspecified atom stereocenters. The standard InChI is InChI=1S/C24H29N9O2/c1-31-14-16(12-27-31)19-15-33-23(30-19)21(18(13-28-33)22(26)35)29-17-2-5-24(6-3-17)7-10-32(11-8-24)20(34)4-9-25/h12-15,17,29H,2-8,10-11H2,1H3,(H2,26,35). The van der Waals surface area contributed by atoms with Gasteiger partial charge in [-0.1, -0.05) is 0 Å². The summed E-state index contributed by atoms with van der Waals surface area (Å²) >= 11 is 0. The van der Waals surface area contributed by atoms with Gasteiger partial charge in [-0.15, -0.1) is 0 Å². The van der Waals surface area contributed by atoms with E-state index in [1.807, 2.05) is 30.4 Å². The third-order valence-corrected chi connectivity index (χ3v) is 7.56. The Balaban J connectivity index is 1.31. The highest BCUT2D eigenvalue weighted by Gasteiger charge is 2.39. The monoisotopic (exact) mass is 475 g/mol. The molecule has 3 aromatic rings. The van der Waals surface area contributed by atoms with Crippen LogP contribution >= 0.6 is 0 Å². The van der Waals surface area contributed by atoms with E-state index in [4.69, 9.17) is 16.0 Å². The third kappa shape index (κ3) is 4.43. The van der Waals surface area contributed by atoms with Crippen molar-refractivity contribution in [2.75, 3.05) is 18.4 Å². The number of aromatic nitrogens is 5. The number of fused-ring (bicyclic) bond motifs is 1. The number of piperidine rings is 1. The summed E-state index contributed by atoms with van der Waals surface area (Å²) in [6.07, 6.45) is 12.8. The smallest absolute Gasteiger partial charge is 0.252 e. The zero-order chi connectivity index (χ0) is 24.6. The van der Waals surface area contributed by atoms with E-state index in [1.54, 1.807) is 15.4 Å². The van der Waals surface area contributed by atoms with Gasteiger partial charge in [-0.25, -0.2) is 9.50 Å². The Hall–Kier alpha value is -3.94. The average molecular weight is 476 g/mol. The second kappa shape index (κ2) is 9.02. The summed E-state index contributed by atoms with van der Waals surface area (Å²) in [5.41, 5.74) is 9.00. The molecule has 0 bridgehead atoms. The number of imidazole rings is 1. The fourth-order valence-electron chi connectivity index (χ4n) is 5.44. The van der Waals surface area contributed by atoms with Gasteiger partial charge in [0.05, 0.1) is 41.6 Å². The third-order valence-electron chi connectivity index (χ3n) is 7.56. The van der Waals surface area contributed by atoms with Crippen molar-refractivity contribution in [3.63, 3.8) is 0 Å². The van der Waals surface area contributed by atoms with Crippen molar-refractivity contribution in [2.24, 2.45) is 18.2 Å². The molecule has 0 atom stereocenters. The minimum atomic E-state index is -0.546. The van der Waals surface area contributed by atoms with Gasteiger partial charge in [-0.3, -0.25) is 14.3 Å². The van der Waals surface area contributed by atoms with Crippen molar-refractivity contribution in [3.05, 3.63) is 30.4 Å². The van der Waals surface area contributed by atoms with E-state index in [-0.39, 0.29) is 23.8 Å². The molecular formula is C24H29N9O2. The Labute approximate surface area is 202 Å². The summed E-state index contributed by atoms with van der Waals surface area (Å²) in [4.78, 5) is 30.8. The molecule has 182 valence electrons. The normalized spacial score (nSPS) is 18.0. The highest BCUT2D eigenvalue weighted by Crippen LogP contribution is 2.45. The second-order valence-electron chi connectivity index (χ2n) is 9.73. The molecule has 0 radical (unpaired) electrons. The van der Waals surface area contributed by atoms with Crippen LogP contribution in [0, 0.1) is 16.7 Å². The molecule has 2 aliphatic rings. The van der Waals surface area contributed by atoms with E-state index in [0.717, 1.165) is 62.9 Å². The predicted molar refractivity (Wildman–Crippen MR) is 128 cm³/mol. The number of rotatable bonds is 5. The van der Waals surface area contributed by atoms with Crippen molar-refractivity contribution >= 4 is 23.1 Å². The summed E-state index contributed by atoms with van der Waals surface area (Å²) in [5, 5.41) is 20.9. The summed E-state index contributed by atoms with van der Waals surface area (Å²) in [6.45, 7) is 1.45. The maximum absolute atomic E-state index is 12.2. The molecule has 1 spiro atoms. The van der Waals surface area contributed by atoms with Gasteiger partial charge >= 0.3 is 0 Å². The summed E-state index contributed by atoms with van der Waals surface area (Å²) < 4.78 is 3.37. The lowest BCUT2D eigenvalue weighted by atomic mass is 9.67. The van der Waals surface area contributed by atoms with Crippen molar-refractivity contribution in [3.8, 4) is 17.3 Å². The van der Waals surface area contributed by atoms with Gasteiger partial charge in [0.25, 0.3) is 5.91 Å². The summed E-state index contributed by atoms with van der Waals surface area (Å²) in [6, 6.07) is 2.14. The van der Waals surface area contributed by atoms with Crippen LogP contribution < -0.4 is 11.1 Å². The number of nitrogens with zero attached hydrogens (tertiary/aromatic N) is 7. The number of primary amides is 1. The highest BCUT2D eigenvalue weighted by molar-refractivity contribution is 6.01. The van der Waals surface area contributed by atoms with Crippen molar-refractivity contribution < 1.29 is 9.59 Å². The molecule has 11 nitrogen and oxygen atoms in total. The fourth-order valence-corrected chi connectivity index (χ4v) is 5.44. The van der Waals surface area contributed by atoms with Crippen LogP contribution in [0.3, 0.4) is 0 Å². The molecule has 0 aromatic carbocycles. The van der Waals surface area contributed by atoms with E-state index in [2.05, 4.69) is 15.5 Å². The van der Waals surface area contributed by atoms with Crippen LogP contribution in [-0.4, -0.2) is 60.2 Å². The molecule has 4 heterocycles. The Morgan fingerprint density at radius 3 is 2.54 bits per heavy atom. The first kappa shape index (κ1) is 22.8. The van der Waals surface area contributed by atoms with Crippen molar-refractivity contribution in [2.45, 2.75) is 51.0 Å². The minimum absolute atomic E-state index is 0.0438. The first-order chi connectivity index (χ1) is 16.9. The van der Waals surface area contributed by atoms with Gasteiger partial charge in [0.2, 0.25) is 5.91 Å². The molecule has 1 saturated heterocycles. The number of nitrogens with two attached hydrogens (primary N) is 1. The number of hydrogen-bond donors (Lipinski definition) is 2. The van der Waals surface area contributed by atoms with Crippen LogP contribution in [0.2, 0.25) is 0 Å². The Bertz CT molecular complexity index is 1300. The molecule has 11 heteroatoms. The fraction of sp³-hybridized carbons (Fsp3) is 0.500. The predicted octanol–water partition coefficient (Wildman–Crippen LogP) is 2.11. The maximum atomic E-state index is 12.2. The molecule has 1 aliphatic carbocycles. The Kier molecular flexibility index (Phi) is 5.88. The van der Waals surface area contributed by atoms with E-state index >= 15 is 0 Å². The quantitative estimate of drug-likeness (QED) is 0.574. The number of hydrogen-bond acceptors (Lipinski definition) is 7. The van der Waals surface area contributed by atoms with Crippen molar-refractivity contribution in [1.82, 2.24) is 29.3 Å². The lowest BCUT2D eigenvalue weighted by molar-refractivity contribution is -0.132. The topological polar surface area (TPSA) is 147 Å². The first-order valence-corrected chi connectivity index (χ1v) is 12.0. The van der Waals surface area contributed by atoms with Crippen LogP contribution in [0.5, 0.6) is 0 Å². The summed E-state index contributed by atoms with van der Waals surface area (Å²) in [5.74, 6) is -0.612. The zero-order valence-electron chi connectivity index (χ0n) is 19.8. The van der Waals surface area contributed by atoms with E-state index < -0.39 is 5.91 Å². The SMILES string of the molecule is Cn1cc(-c2cn3ncc(C(N)=O)c(NC4CCC5(CC4)CCN(C(=O)CC#N)CC5)c3n2)cn1. The Morgan fingerprint density at radius 2 is 1.91 bits per heavy atom. The number of nitrogens with one attached hydrogen (secondary N) is 1. The van der Waals surface area contributed by atoms with Crippen LogP contribution in [0.4, 0.5) is 5.69 Å². The van der Waals surface area contributed by atoms with E-state index in [1.165, 1.54) is 6.20 Å². The van der Waals surface area contributed by atoms with Gasteiger partial charge in [0.15, 0.2) is 5.65 Å². The molecule has 2 amide bonds. The first-order valence-electron chi connectivity index (χ1n) is 12.0. The number of nitriles is 1. The van der Waals surface area contributed by atoms with Crippen LogP contribution in [0.25, 0.3) is 16.9 Å². The largest absolute Gasteiger partial charge is 0.379 e. The molecule has 2 fully saturated rings. The van der Waals surface area contributed by atoms with Gasteiger partial charge in [-0.05, 0) is 43.9 Å². The zero-order valence-corrected chi connectivity index (χ0v) is 19.8. The second-order valence-corrected chi connectivity index (χ2v) is 9.73. The summed E-state index contributed by atoms with van der Waals surface area (Å²) in [7, 11) is 1.85. The molecule has 3 N–H and O–H groups in total. The molecular weight excluding hydrogens is 446 g/mol. The van der Waals surface area contributed by atoms with Crippen LogP contribution in [0.15, 0.2) is 24.8 Å². The molecule has 3 aromatic heterocycles. The number of carbonyl (C=O) groups excluding carboxylic acids is 2. The van der Waals surface area contributed by atoms with Gasteiger partial charge < -0.3 is 16.0 Å². The number of carbonyl (C=O) groups is 2. The maximum Gasteiger partial charge on any atom is 0.252 e. The van der Waals surface area contributed by atoms with Gasteiger partial charge in [0.1, 0.15) is 6.42 Å². The molecule has 5 rings (SSSR count). The van der Waals surface area contributed by atoms with Gasteiger partial charge in [0, 0.05) is 37.9 Å². The Morgan fingerprint density at radius 1 is 1.17 bits per heavy atom. The van der Waals surface area contributed by atoms with Crippen LogP contribution in [0.1, 0.15) is 55.3 Å². The van der Waals surface area contributed by atoms with E-state index in [9.17, 15) is 9.59 Å². The lowest BCUT2D eigenvalue weighted by Crippen LogP contribution is -2.45. The molecule has 1 aliphatic heterocycles. The van der Waals surface area contributed by atoms with Crippen LogP contribution in [-0.2, 0) is 11.8 Å². The number of aryl methyl sites for hydroxylation is 1. The lowest BCUT2D eigenvalue weighted by Gasteiger charge is -2.46. The number of amides is 2. The average Bonchev–Trinajstić information content (AvgIpc) is 3.47. The molecule has 1 saturated carbocycles. The number of likely N-dealkylation sites (tertiary alicyclic amines) is 1.